The highest BCUT2D eigenvalue weighted by Gasteiger charge is 2.34. The predicted molar refractivity (Wildman–Crippen MR) is 152 cm³/mol. The summed E-state index contributed by atoms with van der Waals surface area (Å²) in [5.41, 5.74) is 2.89. The Balaban J connectivity index is 1.58. The van der Waals surface area contributed by atoms with Crippen molar-refractivity contribution in [1.29, 1.82) is 0 Å². The SMILES string of the molecule is C=Nc1ccc(Nc2ncnc3cc(N4CC5CCC(C4)O5)cc(O[C@H](C)CN(C)C)c23)c(F)c1/C=C\C. The van der Waals surface area contributed by atoms with Gasteiger partial charge in [-0.3, -0.25) is 4.99 Å². The predicted octanol–water partition coefficient (Wildman–Crippen LogP) is 5.57. The molecule has 1 N–H and O–H groups in total. The molecule has 9 heteroatoms. The maximum Gasteiger partial charge on any atom is 0.156 e. The summed E-state index contributed by atoms with van der Waals surface area (Å²) >= 11 is 0. The van der Waals surface area contributed by atoms with Gasteiger partial charge in [0.15, 0.2) is 5.82 Å². The van der Waals surface area contributed by atoms with Gasteiger partial charge in [-0.2, -0.15) is 0 Å². The van der Waals surface area contributed by atoms with E-state index in [-0.39, 0.29) is 24.0 Å². The van der Waals surface area contributed by atoms with Crippen LogP contribution in [0.15, 0.2) is 41.7 Å². The molecule has 1 aromatic heterocycles. The summed E-state index contributed by atoms with van der Waals surface area (Å²) in [7, 11) is 4.03. The van der Waals surface area contributed by atoms with Crippen LogP contribution in [-0.4, -0.2) is 73.6 Å². The van der Waals surface area contributed by atoms with Crippen molar-refractivity contribution >= 4 is 46.6 Å². The van der Waals surface area contributed by atoms with Crippen LogP contribution in [-0.2, 0) is 4.74 Å². The van der Waals surface area contributed by atoms with Crippen molar-refractivity contribution in [3.05, 3.63) is 48.0 Å². The summed E-state index contributed by atoms with van der Waals surface area (Å²) in [5, 5.41) is 3.90. The second-order valence-corrected chi connectivity index (χ2v) is 10.3. The van der Waals surface area contributed by atoms with Gasteiger partial charge in [0.1, 0.15) is 24.0 Å². The van der Waals surface area contributed by atoms with Crippen molar-refractivity contribution < 1.29 is 13.9 Å². The Morgan fingerprint density at radius 3 is 2.71 bits per heavy atom. The molecule has 8 nitrogen and oxygen atoms in total. The first-order valence-electron chi connectivity index (χ1n) is 13.1. The summed E-state index contributed by atoms with van der Waals surface area (Å²) in [5.74, 6) is 0.705. The molecule has 0 aliphatic carbocycles. The third kappa shape index (κ3) is 5.35. The lowest BCUT2D eigenvalue weighted by atomic mass is 10.1. The van der Waals surface area contributed by atoms with Crippen LogP contribution in [0.25, 0.3) is 17.0 Å². The first-order valence-corrected chi connectivity index (χ1v) is 13.1. The van der Waals surface area contributed by atoms with Gasteiger partial charge in [0.25, 0.3) is 0 Å². The number of morpholine rings is 1. The molecule has 5 rings (SSSR count). The van der Waals surface area contributed by atoms with Crippen LogP contribution in [0.1, 0.15) is 32.3 Å². The zero-order valence-electron chi connectivity index (χ0n) is 22.4. The fourth-order valence-corrected chi connectivity index (χ4v) is 5.37. The summed E-state index contributed by atoms with van der Waals surface area (Å²) in [4.78, 5) is 17.5. The maximum atomic E-state index is 15.5. The number of hydrogen-bond donors (Lipinski definition) is 1. The van der Waals surface area contributed by atoms with Crippen molar-refractivity contribution in [2.45, 2.75) is 45.0 Å². The summed E-state index contributed by atoms with van der Waals surface area (Å²) in [6, 6.07) is 7.49. The number of aliphatic imine (C=N–C) groups is 1. The number of hydrogen-bond acceptors (Lipinski definition) is 8. The molecule has 3 heterocycles. The Morgan fingerprint density at radius 1 is 1.26 bits per heavy atom. The van der Waals surface area contributed by atoms with Crippen molar-refractivity contribution in [1.82, 2.24) is 14.9 Å². The van der Waals surface area contributed by atoms with Crippen LogP contribution < -0.4 is 15.0 Å². The van der Waals surface area contributed by atoms with Crippen LogP contribution in [0.3, 0.4) is 0 Å². The van der Waals surface area contributed by atoms with Gasteiger partial charge in [0.2, 0.25) is 0 Å². The molecule has 3 aromatic rings. The number of likely N-dealkylation sites (N-methyl/N-ethyl adjacent to an activating group) is 1. The van der Waals surface area contributed by atoms with Gasteiger partial charge in [-0.25, -0.2) is 14.4 Å². The average molecular weight is 519 g/mol. The highest BCUT2D eigenvalue weighted by molar-refractivity contribution is 5.98. The first-order chi connectivity index (χ1) is 18.4. The molecule has 0 amide bonds. The molecule has 2 aromatic carbocycles. The summed E-state index contributed by atoms with van der Waals surface area (Å²) in [6.07, 6.45) is 7.56. The van der Waals surface area contributed by atoms with E-state index in [9.17, 15) is 0 Å². The molecule has 0 radical (unpaired) electrons. The minimum absolute atomic E-state index is 0.0895. The second-order valence-electron chi connectivity index (χ2n) is 10.3. The van der Waals surface area contributed by atoms with Gasteiger partial charge in [-0.05, 0) is 65.7 Å². The fraction of sp³-hybridized carbons (Fsp3) is 0.414. The largest absolute Gasteiger partial charge is 0.488 e. The van der Waals surface area contributed by atoms with E-state index in [1.54, 1.807) is 24.3 Å². The van der Waals surface area contributed by atoms with Crippen LogP contribution >= 0.6 is 0 Å². The molecule has 200 valence electrons. The number of halogens is 1. The third-order valence-corrected chi connectivity index (χ3v) is 6.96. The van der Waals surface area contributed by atoms with Gasteiger partial charge in [-0.1, -0.05) is 12.2 Å². The lowest BCUT2D eigenvalue weighted by Gasteiger charge is -2.34. The molecule has 0 spiro atoms. The van der Waals surface area contributed by atoms with E-state index >= 15 is 4.39 Å². The minimum atomic E-state index is -0.427. The minimum Gasteiger partial charge on any atom is -0.488 e. The van der Waals surface area contributed by atoms with Crippen molar-refractivity contribution in [3.8, 4) is 5.75 Å². The molecular formula is C29H35FN6O2. The highest BCUT2D eigenvalue weighted by Crippen LogP contribution is 2.39. The van der Waals surface area contributed by atoms with E-state index in [0.717, 1.165) is 43.7 Å². The second kappa shape index (κ2) is 11.0. The Morgan fingerprint density at radius 2 is 2.03 bits per heavy atom. The molecule has 2 saturated heterocycles. The van der Waals surface area contributed by atoms with E-state index in [4.69, 9.17) is 9.47 Å². The van der Waals surface area contributed by atoms with Crippen LogP contribution in [0.4, 0.5) is 27.3 Å². The number of nitrogens with zero attached hydrogens (tertiary/aromatic N) is 5. The quantitative estimate of drug-likeness (QED) is 0.371. The smallest absolute Gasteiger partial charge is 0.156 e. The lowest BCUT2D eigenvalue weighted by molar-refractivity contribution is 0.0305. The number of ether oxygens (including phenoxy) is 2. The Bertz CT molecular complexity index is 1350. The van der Waals surface area contributed by atoms with E-state index in [2.05, 4.69) is 48.9 Å². The molecule has 3 atom stereocenters. The van der Waals surface area contributed by atoms with E-state index in [1.807, 2.05) is 27.9 Å². The highest BCUT2D eigenvalue weighted by atomic mass is 19.1. The molecule has 2 aliphatic rings. The van der Waals surface area contributed by atoms with Gasteiger partial charge < -0.3 is 24.6 Å². The number of rotatable bonds is 9. The normalized spacial score (nSPS) is 19.9. The summed E-state index contributed by atoms with van der Waals surface area (Å²) in [6.45, 7) is 9.85. The van der Waals surface area contributed by atoms with Crippen LogP contribution in [0.5, 0.6) is 5.75 Å². The zero-order chi connectivity index (χ0) is 26.8. The molecular weight excluding hydrogens is 483 g/mol. The fourth-order valence-electron chi connectivity index (χ4n) is 5.37. The Kier molecular flexibility index (Phi) is 7.58. The maximum absolute atomic E-state index is 15.5. The number of aromatic nitrogens is 2. The van der Waals surface area contributed by atoms with Gasteiger partial charge in [0, 0.05) is 37.0 Å². The Hall–Kier alpha value is -3.56. The molecule has 2 bridgehead atoms. The average Bonchev–Trinajstić information content (AvgIpc) is 3.23. The third-order valence-electron chi connectivity index (χ3n) is 6.96. The lowest BCUT2D eigenvalue weighted by Crippen LogP contribution is -2.42. The standard InChI is InChI=1S/C29H35FN6O2/c1-6-7-22-23(31-3)10-11-24(28(22)30)34-29-27-25(32-17-33-29)12-19(13-26(27)37-18(2)14-35(4)5)36-15-20-8-9-21(16-36)38-20/h6-7,10-13,17-18,20-21H,3,8-9,14-16H2,1-2,4-5H3,(H,32,33,34)/b7-6-/t18-,20?,21?/m1/s1. The van der Waals surface area contributed by atoms with E-state index in [1.165, 1.54) is 6.33 Å². The van der Waals surface area contributed by atoms with E-state index < -0.39 is 5.82 Å². The van der Waals surface area contributed by atoms with E-state index in [0.29, 0.717) is 28.2 Å². The number of allylic oxidation sites excluding steroid dienone is 1. The topological polar surface area (TPSA) is 75.1 Å². The van der Waals surface area contributed by atoms with Crippen molar-refractivity contribution in [2.24, 2.45) is 4.99 Å². The van der Waals surface area contributed by atoms with Crippen LogP contribution in [0, 0.1) is 5.82 Å². The number of benzene rings is 2. The van der Waals surface area contributed by atoms with Crippen LogP contribution in [0.2, 0.25) is 0 Å². The monoisotopic (exact) mass is 518 g/mol. The number of nitrogens with one attached hydrogen (secondary N) is 1. The molecule has 2 fully saturated rings. The first kappa shape index (κ1) is 26.1. The molecule has 2 aliphatic heterocycles. The molecule has 0 saturated carbocycles. The number of fused-ring (bicyclic) bond motifs is 3. The Labute approximate surface area is 223 Å². The molecule has 38 heavy (non-hydrogen) atoms. The summed E-state index contributed by atoms with van der Waals surface area (Å²) < 4.78 is 28.1. The zero-order valence-corrected chi connectivity index (χ0v) is 22.4. The van der Waals surface area contributed by atoms with Gasteiger partial charge in [0.05, 0.1) is 34.5 Å². The molecule has 2 unspecified atom stereocenters. The van der Waals surface area contributed by atoms with Crippen molar-refractivity contribution in [3.63, 3.8) is 0 Å². The van der Waals surface area contributed by atoms with Gasteiger partial charge in [-0.15, -0.1) is 0 Å². The number of anilines is 3. The van der Waals surface area contributed by atoms with Crippen molar-refractivity contribution in [2.75, 3.05) is 43.9 Å². The van der Waals surface area contributed by atoms with Gasteiger partial charge >= 0.3 is 0 Å².